The van der Waals surface area contributed by atoms with E-state index in [2.05, 4.69) is 15.4 Å². The number of aromatic hydroxyl groups is 1. The van der Waals surface area contributed by atoms with Gasteiger partial charge in [-0.25, -0.2) is 14.4 Å². The summed E-state index contributed by atoms with van der Waals surface area (Å²) in [7, 11) is -3.96. The number of para-hydroxylation sites is 1. The predicted molar refractivity (Wildman–Crippen MR) is 140 cm³/mol. The molecule has 0 aliphatic rings. The van der Waals surface area contributed by atoms with Crippen LogP contribution >= 0.6 is 7.75 Å². The summed E-state index contributed by atoms with van der Waals surface area (Å²) >= 11 is 0. The molecule has 0 aliphatic heterocycles. The van der Waals surface area contributed by atoms with Crippen molar-refractivity contribution >= 4 is 30.5 Å². The Morgan fingerprint density at radius 3 is 2.16 bits per heavy atom. The Labute approximate surface area is 216 Å². The number of H-pyrrole nitrogens is 1. The number of aromatic nitrogens is 1. The Hall–Kier alpha value is -3.17. The molecule has 0 bridgehead atoms. The summed E-state index contributed by atoms with van der Waals surface area (Å²) in [4.78, 5) is 28.7. The molecule has 37 heavy (non-hydrogen) atoms. The lowest BCUT2D eigenvalue weighted by atomic mass is 10.0. The molecule has 200 valence electrons. The Bertz CT molecular complexity index is 1240. The highest BCUT2D eigenvalue weighted by Crippen LogP contribution is 2.47. The maximum absolute atomic E-state index is 13.5. The van der Waals surface area contributed by atoms with E-state index in [0.29, 0.717) is 5.56 Å². The molecule has 3 rings (SSSR count). The molecule has 2 atom stereocenters. The van der Waals surface area contributed by atoms with Gasteiger partial charge in [0.15, 0.2) is 0 Å². The van der Waals surface area contributed by atoms with Crippen LogP contribution in [0.1, 0.15) is 38.8 Å². The lowest BCUT2D eigenvalue weighted by Gasteiger charge is -2.28. The van der Waals surface area contributed by atoms with Crippen molar-refractivity contribution in [2.45, 2.75) is 64.8 Å². The van der Waals surface area contributed by atoms with Crippen molar-refractivity contribution in [1.82, 2.24) is 15.4 Å². The Balaban J connectivity index is 1.87. The molecule has 0 saturated heterocycles. The SMILES string of the molecule is CC(C)OP(=O)(N[C@@H](Cc1ccc(O)cc1)C(=O)N[C@@H](Cc1c[nH]c2ccccc12)C(=O)O)OC(C)C. The fourth-order valence-corrected chi connectivity index (χ4v) is 5.76. The van der Waals surface area contributed by atoms with Crippen LogP contribution < -0.4 is 10.4 Å². The molecule has 11 heteroatoms. The van der Waals surface area contributed by atoms with E-state index < -0.39 is 43.9 Å². The third-order valence-electron chi connectivity index (χ3n) is 5.42. The standard InChI is InChI=1S/C26H34N3O7P/c1-16(2)35-37(34,36-17(3)4)29-23(13-18-9-11-20(30)12-10-18)25(31)28-24(26(32)33)14-19-15-27-22-8-6-5-7-21(19)22/h5-12,15-17,23-24,27,30H,13-14H2,1-4H3,(H,28,31)(H,29,34)(H,32,33)/t23-,24-/m0/s1. The first kappa shape index (κ1) is 28.4. The number of hydrogen-bond donors (Lipinski definition) is 5. The number of amides is 1. The van der Waals surface area contributed by atoms with E-state index in [1.54, 1.807) is 46.0 Å². The molecular weight excluding hydrogens is 497 g/mol. The van der Waals surface area contributed by atoms with Gasteiger partial charge >= 0.3 is 13.7 Å². The second-order valence-electron chi connectivity index (χ2n) is 9.32. The van der Waals surface area contributed by atoms with E-state index in [0.717, 1.165) is 16.5 Å². The highest BCUT2D eigenvalue weighted by atomic mass is 31.2. The molecule has 10 nitrogen and oxygen atoms in total. The van der Waals surface area contributed by atoms with E-state index in [1.165, 1.54) is 12.1 Å². The Kier molecular flexibility index (Phi) is 9.50. The van der Waals surface area contributed by atoms with Gasteiger partial charge in [0.2, 0.25) is 5.91 Å². The first-order valence-electron chi connectivity index (χ1n) is 12.1. The fraction of sp³-hybridized carbons (Fsp3) is 0.385. The second-order valence-corrected chi connectivity index (χ2v) is 11.0. The molecule has 1 aromatic heterocycles. The monoisotopic (exact) mass is 531 g/mol. The number of rotatable bonds is 13. The van der Waals surface area contributed by atoms with E-state index in [-0.39, 0.29) is 18.6 Å². The lowest BCUT2D eigenvalue weighted by Crippen LogP contribution is -2.51. The number of carbonyl (C=O) groups excluding carboxylic acids is 1. The van der Waals surface area contributed by atoms with Crippen LogP contribution in [0.5, 0.6) is 5.75 Å². The van der Waals surface area contributed by atoms with Crippen LogP contribution in [0.15, 0.2) is 54.7 Å². The van der Waals surface area contributed by atoms with Crippen molar-refractivity contribution in [3.63, 3.8) is 0 Å². The number of hydrogen-bond acceptors (Lipinski definition) is 6. The summed E-state index contributed by atoms with van der Waals surface area (Å²) in [6, 6.07) is 11.3. The van der Waals surface area contributed by atoms with Crippen LogP contribution in [0.3, 0.4) is 0 Å². The van der Waals surface area contributed by atoms with Gasteiger partial charge in [0, 0.05) is 23.5 Å². The van der Waals surface area contributed by atoms with Crippen molar-refractivity contribution < 1.29 is 33.4 Å². The van der Waals surface area contributed by atoms with E-state index in [1.807, 2.05) is 24.3 Å². The van der Waals surface area contributed by atoms with Crippen LogP contribution in [0.4, 0.5) is 0 Å². The molecule has 1 amide bonds. The van der Waals surface area contributed by atoms with Crippen molar-refractivity contribution in [3.05, 3.63) is 65.9 Å². The first-order chi connectivity index (χ1) is 17.5. The molecule has 0 spiro atoms. The molecule has 3 aromatic rings. The van der Waals surface area contributed by atoms with E-state index in [4.69, 9.17) is 9.05 Å². The summed E-state index contributed by atoms with van der Waals surface area (Å²) in [6.07, 6.45) is 0.865. The van der Waals surface area contributed by atoms with Gasteiger partial charge in [-0.3, -0.25) is 13.8 Å². The number of phenolic OH excluding ortho intramolecular Hbond substituents is 1. The number of aromatic amines is 1. The molecule has 0 unspecified atom stereocenters. The number of carboxylic acids is 1. The molecule has 0 fully saturated rings. The fourth-order valence-electron chi connectivity index (χ4n) is 3.89. The quantitative estimate of drug-likeness (QED) is 0.207. The third kappa shape index (κ3) is 8.16. The normalized spacial score (nSPS) is 13.7. The average Bonchev–Trinajstić information content (AvgIpc) is 3.21. The molecule has 2 aromatic carbocycles. The highest BCUT2D eigenvalue weighted by molar-refractivity contribution is 7.51. The number of fused-ring (bicyclic) bond motifs is 1. The number of aliphatic carboxylic acids is 1. The number of nitrogens with one attached hydrogen (secondary N) is 3. The minimum atomic E-state index is -3.96. The average molecular weight is 532 g/mol. The lowest BCUT2D eigenvalue weighted by molar-refractivity contribution is -0.142. The van der Waals surface area contributed by atoms with E-state index >= 15 is 0 Å². The summed E-state index contributed by atoms with van der Waals surface area (Å²) in [6.45, 7) is 6.76. The highest BCUT2D eigenvalue weighted by Gasteiger charge is 2.35. The minimum absolute atomic E-state index is 0.0401. The summed E-state index contributed by atoms with van der Waals surface area (Å²) in [5.41, 5.74) is 2.25. The molecule has 0 radical (unpaired) electrons. The largest absolute Gasteiger partial charge is 0.508 e. The molecule has 1 heterocycles. The van der Waals surface area contributed by atoms with E-state index in [9.17, 15) is 24.4 Å². The van der Waals surface area contributed by atoms with Gasteiger partial charge in [-0.2, -0.15) is 0 Å². The zero-order valence-electron chi connectivity index (χ0n) is 21.3. The molecule has 5 N–H and O–H groups in total. The number of carbonyl (C=O) groups is 2. The van der Waals surface area contributed by atoms with Crippen LogP contribution in [0, 0.1) is 0 Å². The first-order valence-corrected chi connectivity index (χ1v) is 13.6. The predicted octanol–water partition coefficient (Wildman–Crippen LogP) is 4.14. The van der Waals surface area contributed by atoms with Gasteiger partial charge in [-0.05, 0) is 63.4 Å². The topological polar surface area (TPSA) is 150 Å². The number of benzene rings is 2. The van der Waals surface area contributed by atoms with Crippen LogP contribution in [-0.2, 0) is 36.0 Å². The van der Waals surface area contributed by atoms with Crippen molar-refractivity contribution in [3.8, 4) is 5.75 Å². The maximum atomic E-state index is 13.5. The van der Waals surface area contributed by atoms with Gasteiger partial charge in [0.05, 0.1) is 12.2 Å². The van der Waals surface area contributed by atoms with Gasteiger partial charge in [0.1, 0.15) is 17.8 Å². The van der Waals surface area contributed by atoms with Crippen molar-refractivity contribution in [1.29, 1.82) is 0 Å². The molecule has 0 saturated carbocycles. The van der Waals surface area contributed by atoms with Crippen LogP contribution in [0.25, 0.3) is 10.9 Å². The van der Waals surface area contributed by atoms with Crippen molar-refractivity contribution in [2.75, 3.05) is 0 Å². The summed E-state index contributed by atoms with van der Waals surface area (Å²) in [5.74, 6) is -1.83. The van der Waals surface area contributed by atoms with Gasteiger partial charge < -0.3 is 20.5 Å². The van der Waals surface area contributed by atoms with Gasteiger partial charge in [-0.1, -0.05) is 30.3 Å². The molecule has 0 aliphatic carbocycles. The van der Waals surface area contributed by atoms with Gasteiger partial charge in [0.25, 0.3) is 0 Å². The molecular formula is C26H34N3O7P. The summed E-state index contributed by atoms with van der Waals surface area (Å²) in [5, 5.41) is 25.7. The summed E-state index contributed by atoms with van der Waals surface area (Å²) < 4.78 is 24.6. The van der Waals surface area contributed by atoms with Crippen LogP contribution in [0.2, 0.25) is 0 Å². The Morgan fingerprint density at radius 2 is 1.57 bits per heavy atom. The van der Waals surface area contributed by atoms with Crippen LogP contribution in [-0.4, -0.2) is 51.4 Å². The Morgan fingerprint density at radius 1 is 0.946 bits per heavy atom. The number of phenols is 1. The zero-order chi connectivity index (χ0) is 27.2. The second kappa shape index (κ2) is 12.4. The third-order valence-corrected chi connectivity index (χ3v) is 7.45. The smallest absolute Gasteiger partial charge is 0.406 e. The number of carboxylic acid groups (broad SMARTS) is 1. The minimum Gasteiger partial charge on any atom is -0.508 e. The van der Waals surface area contributed by atoms with Gasteiger partial charge in [-0.15, -0.1) is 0 Å². The zero-order valence-corrected chi connectivity index (χ0v) is 22.2. The maximum Gasteiger partial charge on any atom is 0.406 e. The van der Waals surface area contributed by atoms with Crippen molar-refractivity contribution in [2.24, 2.45) is 0 Å².